The Labute approximate surface area is 78.7 Å². The molecule has 0 fully saturated rings. The minimum Gasteiger partial charge on any atom is -0.382 e. The molecule has 1 aromatic heterocycles. The van der Waals surface area contributed by atoms with Gasteiger partial charge < -0.3 is 4.74 Å². The summed E-state index contributed by atoms with van der Waals surface area (Å²) in [5, 5.41) is 6.98. The number of aromatic nitrogens is 3. The van der Waals surface area contributed by atoms with Crippen molar-refractivity contribution in [2.45, 2.75) is 39.2 Å². The summed E-state index contributed by atoms with van der Waals surface area (Å²) in [5.41, 5.74) is 0. The smallest absolute Gasteiger partial charge is 0.150 e. The van der Waals surface area contributed by atoms with E-state index in [0.29, 0.717) is 0 Å². The second-order valence-corrected chi connectivity index (χ2v) is 3.14. The van der Waals surface area contributed by atoms with Gasteiger partial charge in [-0.2, -0.15) is 5.10 Å². The molecule has 0 saturated heterocycles. The van der Waals surface area contributed by atoms with Crippen LogP contribution in [0.1, 0.15) is 31.9 Å². The topological polar surface area (TPSA) is 50.8 Å². The Morgan fingerprint density at radius 2 is 2.31 bits per heavy atom. The van der Waals surface area contributed by atoms with Gasteiger partial charge in [-0.25, -0.2) is 4.98 Å². The molecule has 1 rings (SSSR count). The SMILES string of the molecule is CCc1n[nH]c(CCC(C)OC)n1. The molecule has 1 atom stereocenters. The number of ether oxygens (including phenoxy) is 1. The quantitative estimate of drug-likeness (QED) is 0.749. The van der Waals surface area contributed by atoms with Crippen LogP contribution in [0.2, 0.25) is 0 Å². The maximum absolute atomic E-state index is 5.14. The first-order valence-corrected chi connectivity index (χ1v) is 4.69. The van der Waals surface area contributed by atoms with E-state index < -0.39 is 0 Å². The number of aromatic amines is 1. The molecule has 0 aliphatic rings. The van der Waals surface area contributed by atoms with E-state index in [1.165, 1.54) is 0 Å². The predicted octanol–water partition coefficient (Wildman–Crippen LogP) is 1.33. The van der Waals surface area contributed by atoms with Crippen LogP contribution >= 0.6 is 0 Å². The number of nitrogens with zero attached hydrogens (tertiary/aromatic N) is 2. The number of rotatable bonds is 5. The minimum atomic E-state index is 0.287. The molecule has 1 heterocycles. The first kappa shape index (κ1) is 10.2. The first-order valence-electron chi connectivity index (χ1n) is 4.69. The van der Waals surface area contributed by atoms with Crippen LogP contribution in [0.5, 0.6) is 0 Å². The minimum absolute atomic E-state index is 0.287. The second-order valence-electron chi connectivity index (χ2n) is 3.14. The van der Waals surface area contributed by atoms with Crippen molar-refractivity contribution in [2.24, 2.45) is 0 Å². The van der Waals surface area contributed by atoms with Crippen molar-refractivity contribution in [1.29, 1.82) is 0 Å². The summed E-state index contributed by atoms with van der Waals surface area (Å²) in [7, 11) is 1.72. The molecule has 0 spiro atoms. The average molecular weight is 183 g/mol. The van der Waals surface area contributed by atoms with Crippen molar-refractivity contribution in [3.05, 3.63) is 11.6 Å². The Hall–Kier alpha value is -0.900. The van der Waals surface area contributed by atoms with Crippen LogP contribution in [0.15, 0.2) is 0 Å². The third-order valence-electron chi connectivity index (χ3n) is 2.08. The molecule has 0 radical (unpaired) electrons. The largest absolute Gasteiger partial charge is 0.382 e. The number of hydrogen-bond acceptors (Lipinski definition) is 3. The van der Waals surface area contributed by atoms with Crippen molar-refractivity contribution in [3.8, 4) is 0 Å². The summed E-state index contributed by atoms with van der Waals surface area (Å²) in [6.07, 6.45) is 3.06. The van der Waals surface area contributed by atoms with E-state index in [2.05, 4.69) is 22.1 Å². The predicted molar refractivity (Wildman–Crippen MR) is 50.6 cm³/mol. The van der Waals surface area contributed by atoms with Crippen LogP contribution < -0.4 is 0 Å². The van der Waals surface area contributed by atoms with Gasteiger partial charge in [0.1, 0.15) is 11.6 Å². The monoisotopic (exact) mass is 183 g/mol. The summed E-state index contributed by atoms with van der Waals surface area (Å²) in [6, 6.07) is 0. The third-order valence-corrected chi connectivity index (χ3v) is 2.08. The van der Waals surface area contributed by atoms with E-state index in [1.54, 1.807) is 7.11 Å². The lowest BCUT2D eigenvalue weighted by atomic mass is 10.2. The standard InChI is InChI=1S/C9H17N3O/c1-4-8-10-9(12-11-8)6-5-7(2)13-3/h7H,4-6H2,1-3H3,(H,10,11,12). The Balaban J connectivity index is 2.36. The number of methoxy groups -OCH3 is 1. The van der Waals surface area contributed by atoms with Crippen molar-refractivity contribution >= 4 is 0 Å². The fourth-order valence-electron chi connectivity index (χ4n) is 1.06. The Kier molecular flexibility index (Phi) is 3.89. The molecule has 74 valence electrons. The molecule has 0 saturated carbocycles. The van der Waals surface area contributed by atoms with E-state index in [1.807, 2.05) is 6.92 Å². The van der Waals surface area contributed by atoms with Gasteiger partial charge in [-0.3, -0.25) is 5.10 Å². The van der Waals surface area contributed by atoms with Gasteiger partial charge >= 0.3 is 0 Å². The van der Waals surface area contributed by atoms with Crippen LogP contribution in [0, 0.1) is 0 Å². The lowest BCUT2D eigenvalue weighted by molar-refractivity contribution is 0.111. The number of aryl methyl sites for hydroxylation is 2. The van der Waals surface area contributed by atoms with E-state index in [0.717, 1.165) is 30.9 Å². The van der Waals surface area contributed by atoms with E-state index in [-0.39, 0.29) is 6.10 Å². The van der Waals surface area contributed by atoms with Crippen molar-refractivity contribution in [3.63, 3.8) is 0 Å². The zero-order valence-corrected chi connectivity index (χ0v) is 8.50. The van der Waals surface area contributed by atoms with Crippen LogP contribution in [-0.4, -0.2) is 28.4 Å². The van der Waals surface area contributed by atoms with Gasteiger partial charge in [-0.1, -0.05) is 6.92 Å². The zero-order chi connectivity index (χ0) is 9.68. The average Bonchev–Trinajstić information content (AvgIpc) is 2.61. The van der Waals surface area contributed by atoms with E-state index in [4.69, 9.17) is 4.74 Å². The van der Waals surface area contributed by atoms with Crippen molar-refractivity contribution < 1.29 is 4.74 Å². The molecule has 1 aromatic rings. The summed E-state index contributed by atoms with van der Waals surface area (Å²) in [5.74, 6) is 1.85. The van der Waals surface area contributed by atoms with Gasteiger partial charge in [0.05, 0.1) is 6.10 Å². The maximum Gasteiger partial charge on any atom is 0.150 e. The summed E-state index contributed by atoms with van der Waals surface area (Å²) in [4.78, 5) is 4.31. The van der Waals surface area contributed by atoms with Crippen molar-refractivity contribution in [2.75, 3.05) is 7.11 Å². The summed E-state index contributed by atoms with van der Waals surface area (Å²) >= 11 is 0. The number of nitrogens with one attached hydrogen (secondary N) is 1. The van der Waals surface area contributed by atoms with Gasteiger partial charge in [0.2, 0.25) is 0 Å². The third kappa shape index (κ3) is 3.14. The Bertz CT molecular complexity index is 247. The molecule has 4 nitrogen and oxygen atoms in total. The normalized spacial score (nSPS) is 13.2. The van der Waals surface area contributed by atoms with Crippen molar-refractivity contribution in [1.82, 2.24) is 15.2 Å². The lowest BCUT2D eigenvalue weighted by Crippen LogP contribution is -2.06. The molecule has 0 aromatic carbocycles. The highest BCUT2D eigenvalue weighted by molar-refractivity contribution is 4.90. The molecular formula is C9H17N3O. The van der Waals surface area contributed by atoms with Gasteiger partial charge in [-0.05, 0) is 13.3 Å². The summed E-state index contributed by atoms with van der Waals surface area (Å²) < 4.78 is 5.14. The fourth-order valence-corrected chi connectivity index (χ4v) is 1.06. The van der Waals surface area contributed by atoms with Crippen LogP contribution in [0.25, 0.3) is 0 Å². The number of H-pyrrole nitrogens is 1. The fraction of sp³-hybridized carbons (Fsp3) is 0.778. The summed E-state index contributed by atoms with van der Waals surface area (Å²) in [6.45, 7) is 4.10. The molecule has 1 unspecified atom stereocenters. The van der Waals surface area contributed by atoms with E-state index in [9.17, 15) is 0 Å². The zero-order valence-electron chi connectivity index (χ0n) is 8.50. The molecule has 0 amide bonds. The maximum atomic E-state index is 5.14. The second kappa shape index (κ2) is 4.97. The number of hydrogen-bond donors (Lipinski definition) is 1. The molecule has 0 aliphatic carbocycles. The Morgan fingerprint density at radius 1 is 1.54 bits per heavy atom. The van der Waals surface area contributed by atoms with E-state index >= 15 is 0 Å². The molecular weight excluding hydrogens is 166 g/mol. The highest BCUT2D eigenvalue weighted by Gasteiger charge is 2.04. The van der Waals surface area contributed by atoms with Crippen LogP contribution in [0.4, 0.5) is 0 Å². The molecule has 13 heavy (non-hydrogen) atoms. The van der Waals surface area contributed by atoms with Gasteiger partial charge in [0.25, 0.3) is 0 Å². The lowest BCUT2D eigenvalue weighted by Gasteiger charge is -2.06. The van der Waals surface area contributed by atoms with Crippen LogP contribution in [0.3, 0.4) is 0 Å². The highest BCUT2D eigenvalue weighted by atomic mass is 16.5. The first-order chi connectivity index (χ1) is 6.26. The molecule has 1 N–H and O–H groups in total. The van der Waals surface area contributed by atoms with Gasteiger partial charge in [-0.15, -0.1) is 0 Å². The molecule has 4 heteroatoms. The van der Waals surface area contributed by atoms with Gasteiger partial charge in [0.15, 0.2) is 0 Å². The molecule has 0 aliphatic heterocycles. The highest BCUT2D eigenvalue weighted by Crippen LogP contribution is 2.02. The van der Waals surface area contributed by atoms with Crippen LogP contribution in [-0.2, 0) is 17.6 Å². The van der Waals surface area contributed by atoms with Gasteiger partial charge in [0, 0.05) is 20.0 Å². The Morgan fingerprint density at radius 3 is 2.85 bits per heavy atom. The molecule has 0 bridgehead atoms.